The molecule has 0 unspecified atom stereocenters. The number of benzene rings is 2. The second kappa shape index (κ2) is 13.3. The normalized spacial score (nSPS) is 18.3. The fourth-order valence-electron chi connectivity index (χ4n) is 7.88. The Hall–Kier alpha value is -4.42. The maximum atomic E-state index is 14.2. The number of carbonyl (C=O) groups excluding carboxylic acids is 2. The summed E-state index contributed by atoms with van der Waals surface area (Å²) in [6, 6.07) is 12.0. The van der Waals surface area contributed by atoms with Crippen LogP contribution in [-0.2, 0) is 21.3 Å². The predicted molar refractivity (Wildman–Crippen MR) is 196 cm³/mol. The van der Waals surface area contributed by atoms with Crippen molar-refractivity contribution in [3.63, 3.8) is 0 Å². The van der Waals surface area contributed by atoms with E-state index >= 15 is 0 Å². The molecule has 4 heterocycles. The summed E-state index contributed by atoms with van der Waals surface area (Å²) in [5.74, 6) is 0.340. The van der Waals surface area contributed by atoms with Gasteiger partial charge in [0.25, 0.3) is 11.8 Å². The van der Waals surface area contributed by atoms with Crippen LogP contribution in [-0.4, -0.2) is 78.1 Å². The molecule has 2 amide bonds. The van der Waals surface area contributed by atoms with Gasteiger partial charge in [0.15, 0.2) is 0 Å². The Balaban J connectivity index is 1.34. The fourth-order valence-corrected chi connectivity index (χ4v) is 8.49. The first kappa shape index (κ1) is 33.7. The molecule has 12 heteroatoms. The van der Waals surface area contributed by atoms with Gasteiger partial charge in [-0.2, -0.15) is 5.10 Å². The number of aromatic nitrogens is 3. The highest BCUT2D eigenvalue weighted by Crippen LogP contribution is 2.48. The average Bonchev–Trinajstić information content (AvgIpc) is 3.86. The number of morpholine rings is 1. The molecular formula is C39H45N5O6S. The number of rotatable bonds is 8. The Bertz CT molecular complexity index is 2160. The lowest BCUT2D eigenvalue weighted by atomic mass is 9.81. The van der Waals surface area contributed by atoms with Crippen LogP contribution in [0.5, 0.6) is 5.75 Å². The standard InChI is InChI=1S/C39H45N5O6S/c1-24(2)51(47,48)41-38(45)26-9-13-32-34(21-26)43-22-28(36-33(23-44(40-36)29-10-11-29)39(46)42-15-17-50-18-16-42)19-27-20-30(49-3)12-14-31(27)37(43)35(32)25-7-5-4-6-8-25/h9,12-14,19-21,23-25,29H,4-8,10-11,15-18,22H2,1-3H3,(H,41,45). The van der Waals surface area contributed by atoms with Crippen molar-refractivity contribution in [1.29, 1.82) is 0 Å². The first-order valence-corrected chi connectivity index (χ1v) is 19.7. The summed E-state index contributed by atoms with van der Waals surface area (Å²) in [5, 5.41) is 5.42. The molecule has 2 aliphatic carbocycles. The van der Waals surface area contributed by atoms with Crippen LogP contribution in [0.4, 0.5) is 0 Å². The molecule has 51 heavy (non-hydrogen) atoms. The minimum absolute atomic E-state index is 0.0537. The van der Waals surface area contributed by atoms with E-state index in [-0.39, 0.29) is 17.5 Å². The van der Waals surface area contributed by atoms with Crippen molar-refractivity contribution < 1.29 is 27.5 Å². The Kier molecular flexibility index (Phi) is 8.78. The molecule has 4 aliphatic rings. The molecule has 2 aliphatic heterocycles. The summed E-state index contributed by atoms with van der Waals surface area (Å²) in [6.45, 7) is 5.56. The maximum Gasteiger partial charge on any atom is 0.264 e. The fraction of sp³-hybridized carbons (Fsp3) is 0.462. The van der Waals surface area contributed by atoms with Crippen molar-refractivity contribution in [3.8, 4) is 17.0 Å². The van der Waals surface area contributed by atoms with Crippen molar-refractivity contribution in [3.05, 3.63) is 70.5 Å². The van der Waals surface area contributed by atoms with Gasteiger partial charge in [0.05, 0.1) is 49.4 Å². The van der Waals surface area contributed by atoms with Crippen LogP contribution in [0.15, 0.2) is 42.6 Å². The Morgan fingerprint density at radius 1 is 1.00 bits per heavy atom. The van der Waals surface area contributed by atoms with E-state index < -0.39 is 21.2 Å². The van der Waals surface area contributed by atoms with E-state index in [0.29, 0.717) is 50.0 Å². The van der Waals surface area contributed by atoms with Crippen LogP contribution in [0.1, 0.15) is 108 Å². The van der Waals surface area contributed by atoms with Gasteiger partial charge in [0.1, 0.15) is 11.4 Å². The molecule has 2 saturated carbocycles. The summed E-state index contributed by atoms with van der Waals surface area (Å²) >= 11 is 0. The molecule has 0 atom stereocenters. The zero-order valence-electron chi connectivity index (χ0n) is 29.5. The highest BCUT2D eigenvalue weighted by molar-refractivity contribution is 7.90. The van der Waals surface area contributed by atoms with Crippen LogP contribution in [0, 0.1) is 0 Å². The van der Waals surface area contributed by atoms with Crippen LogP contribution < -0.4 is 9.46 Å². The number of sulfonamides is 1. The summed E-state index contributed by atoms with van der Waals surface area (Å²) in [7, 11) is -2.17. The summed E-state index contributed by atoms with van der Waals surface area (Å²) in [6.07, 6.45) is 11.8. The molecule has 3 fully saturated rings. The maximum absolute atomic E-state index is 14.2. The number of allylic oxidation sites excluding steroid dienone is 1. The molecule has 2 aromatic carbocycles. The van der Waals surface area contributed by atoms with Gasteiger partial charge in [-0.1, -0.05) is 25.3 Å². The van der Waals surface area contributed by atoms with Gasteiger partial charge in [0, 0.05) is 46.9 Å². The summed E-state index contributed by atoms with van der Waals surface area (Å²) in [5.41, 5.74) is 7.56. The van der Waals surface area contributed by atoms with Crippen molar-refractivity contribution >= 4 is 44.4 Å². The van der Waals surface area contributed by atoms with Gasteiger partial charge < -0.3 is 18.9 Å². The highest BCUT2D eigenvalue weighted by Gasteiger charge is 2.34. The quantitative estimate of drug-likeness (QED) is 0.225. The first-order chi connectivity index (χ1) is 24.6. The molecular weight excluding hydrogens is 667 g/mol. The minimum Gasteiger partial charge on any atom is -0.497 e. The van der Waals surface area contributed by atoms with E-state index in [1.165, 1.54) is 12.0 Å². The number of carbonyl (C=O) groups is 2. The lowest BCUT2D eigenvalue weighted by molar-refractivity contribution is 0.0302. The van der Waals surface area contributed by atoms with Gasteiger partial charge in [0.2, 0.25) is 10.0 Å². The number of hydrogen-bond acceptors (Lipinski definition) is 7. The van der Waals surface area contributed by atoms with Gasteiger partial charge in [-0.25, -0.2) is 13.1 Å². The Morgan fingerprint density at radius 3 is 2.47 bits per heavy atom. The third-order valence-electron chi connectivity index (χ3n) is 10.9. The molecule has 11 nitrogen and oxygen atoms in total. The zero-order valence-corrected chi connectivity index (χ0v) is 30.3. The monoisotopic (exact) mass is 711 g/mol. The Morgan fingerprint density at radius 2 is 1.76 bits per heavy atom. The number of methoxy groups -OCH3 is 1. The van der Waals surface area contributed by atoms with E-state index in [1.807, 2.05) is 40.0 Å². The number of nitrogens with one attached hydrogen (secondary N) is 1. The van der Waals surface area contributed by atoms with E-state index in [9.17, 15) is 18.0 Å². The summed E-state index contributed by atoms with van der Waals surface area (Å²) < 4.78 is 43.2. The average molecular weight is 712 g/mol. The molecule has 1 N–H and O–H groups in total. The largest absolute Gasteiger partial charge is 0.497 e. The third-order valence-corrected chi connectivity index (χ3v) is 12.6. The van der Waals surface area contributed by atoms with Crippen LogP contribution in [0.2, 0.25) is 0 Å². The zero-order chi connectivity index (χ0) is 35.4. The van der Waals surface area contributed by atoms with Crippen molar-refractivity contribution in [1.82, 2.24) is 24.0 Å². The van der Waals surface area contributed by atoms with Crippen LogP contribution >= 0.6 is 0 Å². The second-order valence-electron chi connectivity index (χ2n) is 14.6. The number of ether oxygens (including phenoxy) is 2. The molecule has 0 radical (unpaired) electrons. The van der Waals surface area contributed by atoms with Crippen molar-refractivity contribution in [2.45, 2.75) is 82.5 Å². The molecule has 2 aromatic heterocycles. The SMILES string of the molecule is COc1ccc2c(c1)C=C(c1nn(C3CC3)cc1C(=O)N1CCOCC1)Cn1c-2c(C2CCCCC2)c2ccc(C(=O)NS(=O)(=O)C(C)C)cc21. The van der Waals surface area contributed by atoms with E-state index in [2.05, 4.69) is 21.4 Å². The minimum atomic E-state index is -3.83. The predicted octanol–water partition coefficient (Wildman–Crippen LogP) is 6.39. The number of nitrogens with zero attached hydrogens (tertiary/aromatic N) is 4. The van der Waals surface area contributed by atoms with Gasteiger partial charge in [-0.05, 0) is 93.0 Å². The molecule has 1 saturated heterocycles. The number of amides is 2. The van der Waals surface area contributed by atoms with Gasteiger partial charge in [-0.15, -0.1) is 0 Å². The van der Waals surface area contributed by atoms with Gasteiger partial charge >= 0.3 is 0 Å². The smallest absolute Gasteiger partial charge is 0.264 e. The van der Waals surface area contributed by atoms with E-state index in [0.717, 1.165) is 77.6 Å². The van der Waals surface area contributed by atoms with Crippen LogP contribution in [0.25, 0.3) is 33.8 Å². The number of hydrogen-bond donors (Lipinski definition) is 1. The molecule has 4 aromatic rings. The Labute approximate surface area is 298 Å². The van der Waals surface area contributed by atoms with Crippen LogP contribution in [0.3, 0.4) is 0 Å². The molecule has 0 spiro atoms. The lowest BCUT2D eigenvalue weighted by Crippen LogP contribution is -2.40. The molecule has 0 bridgehead atoms. The van der Waals surface area contributed by atoms with Gasteiger partial charge in [-0.3, -0.25) is 14.3 Å². The number of fused-ring (bicyclic) bond motifs is 5. The van der Waals surface area contributed by atoms with E-state index in [1.54, 1.807) is 27.0 Å². The van der Waals surface area contributed by atoms with E-state index in [4.69, 9.17) is 14.6 Å². The highest BCUT2D eigenvalue weighted by atomic mass is 32.2. The topological polar surface area (TPSA) is 125 Å². The molecule has 8 rings (SSSR count). The second-order valence-corrected chi connectivity index (χ2v) is 16.8. The molecule has 268 valence electrons. The summed E-state index contributed by atoms with van der Waals surface area (Å²) in [4.78, 5) is 29.5. The van der Waals surface area contributed by atoms with Crippen molar-refractivity contribution in [2.24, 2.45) is 0 Å². The third kappa shape index (κ3) is 6.26. The van der Waals surface area contributed by atoms with Crippen molar-refractivity contribution in [2.75, 3.05) is 33.4 Å². The first-order valence-electron chi connectivity index (χ1n) is 18.2. The lowest BCUT2D eigenvalue weighted by Gasteiger charge is -2.26.